The maximum Gasteiger partial charge on any atom is 0.245 e. The smallest absolute Gasteiger partial charge is 0.245 e. The second-order valence-electron chi connectivity index (χ2n) is 6.49. The van der Waals surface area contributed by atoms with Gasteiger partial charge in [-0.05, 0) is 29.7 Å². The van der Waals surface area contributed by atoms with Gasteiger partial charge in [0.15, 0.2) is 5.13 Å². The molecule has 0 bridgehead atoms. The van der Waals surface area contributed by atoms with E-state index in [1.807, 2.05) is 31.4 Å². The molecule has 0 saturated carbocycles. The molecule has 0 fully saturated rings. The zero-order valence-corrected chi connectivity index (χ0v) is 16.8. The molecule has 1 atom stereocenters. The average Bonchev–Trinajstić information content (AvgIpc) is 3.27. The zero-order valence-electron chi connectivity index (χ0n) is 15.2. The summed E-state index contributed by atoms with van der Waals surface area (Å²) in [6.07, 6.45) is 0.898. The molecule has 0 saturated heterocycles. The molecular formula is C18H23ClN4O3S. The molecule has 3 rings (SSSR count). The van der Waals surface area contributed by atoms with E-state index < -0.39 is 6.04 Å². The van der Waals surface area contributed by atoms with Crippen molar-refractivity contribution < 1.29 is 14.3 Å². The lowest BCUT2D eigenvalue weighted by molar-refractivity contribution is -0.125. The molecule has 146 valence electrons. The quantitative estimate of drug-likeness (QED) is 0.676. The van der Waals surface area contributed by atoms with E-state index in [1.54, 1.807) is 0 Å². The molecule has 2 heterocycles. The average molecular weight is 411 g/mol. The number of nitrogens with one attached hydrogen (secondary N) is 2. The van der Waals surface area contributed by atoms with E-state index in [1.165, 1.54) is 16.9 Å². The summed E-state index contributed by atoms with van der Waals surface area (Å²) in [5, 5.41) is 7.61. The van der Waals surface area contributed by atoms with E-state index in [2.05, 4.69) is 21.7 Å². The molecule has 0 unspecified atom stereocenters. The molecule has 0 aliphatic carbocycles. The molecule has 1 aliphatic rings. The number of nitrogens with zero attached hydrogens (tertiary/aromatic N) is 1. The van der Waals surface area contributed by atoms with Crippen LogP contribution < -0.4 is 21.1 Å². The van der Waals surface area contributed by atoms with Crippen LogP contribution in [0.4, 0.5) is 5.13 Å². The first-order valence-corrected chi connectivity index (χ1v) is 9.37. The van der Waals surface area contributed by atoms with Crippen LogP contribution in [0.5, 0.6) is 5.75 Å². The lowest BCUT2D eigenvalue weighted by atomic mass is 10.1. The fourth-order valence-corrected chi connectivity index (χ4v) is 3.30. The van der Waals surface area contributed by atoms with Crippen LogP contribution in [0.1, 0.15) is 19.4 Å². The molecule has 4 N–H and O–H groups in total. The number of thiazole rings is 1. The number of ether oxygens (including phenoxy) is 1. The Morgan fingerprint density at radius 3 is 2.89 bits per heavy atom. The first-order chi connectivity index (χ1) is 12.4. The zero-order chi connectivity index (χ0) is 18.7. The molecule has 9 heteroatoms. The van der Waals surface area contributed by atoms with Gasteiger partial charge in [-0.2, -0.15) is 0 Å². The van der Waals surface area contributed by atoms with Gasteiger partial charge in [0.1, 0.15) is 5.75 Å². The third-order valence-electron chi connectivity index (χ3n) is 4.18. The van der Waals surface area contributed by atoms with Crippen LogP contribution in [0.25, 0.3) is 11.3 Å². The van der Waals surface area contributed by atoms with Gasteiger partial charge in [0.2, 0.25) is 11.8 Å². The fraction of sp³-hybridized carbons (Fsp3) is 0.389. The monoisotopic (exact) mass is 410 g/mol. The van der Waals surface area contributed by atoms with Gasteiger partial charge in [0.25, 0.3) is 0 Å². The lowest BCUT2D eigenvalue weighted by Crippen LogP contribution is -2.46. The molecule has 2 amide bonds. The third-order valence-corrected chi connectivity index (χ3v) is 4.94. The number of aromatic nitrogens is 1. The molecule has 0 spiro atoms. The van der Waals surface area contributed by atoms with Gasteiger partial charge >= 0.3 is 0 Å². The summed E-state index contributed by atoms with van der Waals surface area (Å²) in [5.41, 5.74) is 8.70. The van der Waals surface area contributed by atoms with Crippen molar-refractivity contribution in [2.45, 2.75) is 26.3 Å². The van der Waals surface area contributed by atoms with Crippen molar-refractivity contribution in [1.29, 1.82) is 0 Å². The number of fused-ring (bicyclic) bond motifs is 1. The van der Waals surface area contributed by atoms with Crippen molar-refractivity contribution in [2.75, 3.05) is 18.5 Å². The Bertz CT molecular complexity index is 825. The second-order valence-corrected chi connectivity index (χ2v) is 7.35. The number of rotatable bonds is 6. The number of carbonyl (C=O) groups excluding carboxylic acids is 2. The summed E-state index contributed by atoms with van der Waals surface area (Å²) < 4.78 is 5.51. The van der Waals surface area contributed by atoms with Gasteiger partial charge in [-0.25, -0.2) is 4.98 Å². The predicted octanol–water partition coefficient (Wildman–Crippen LogP) is 2.20. The maximum atomic E-state index is 12.0. The number of hydrogen-bond acceptors (Lipinski definition) is 6. The van der Waals surface area contributed by atoms with Crippen molar-refractivity contribution in [2.24, 2.45) is 11.7 Å². The Morgan fingerprint density at radius 2 is 2.15 bits per heavy atom. The number of amides is 2. The molecule has 27 heavy (non-hydrogen) atoms. The van der Waals surface area contributed by atoms with Crippen LogP contribution in [-0.4, -0.2) is 36.0 Å². The van der Waals surface area contributed by atoms with Gasteiger partial charge < -0.3 is 21.1 Å². The Balaban J connectivity index is 0.00000261. The summed E-state index contributed by atoms with van der Waals surface area (Å²) in [5.74, 6) is 0.262. The topological polar surface area (TPSA) is 106 Å². The highest BCUT2D eigenvalue weighted by Crippen LogP contribution is 2.31. The minimum Gasteiger partial charge on any atom is -0.493 e. The van der Waals surface area contributed by atoms with Crippen LogP contribution in [-0.2, 0) is 16.0 Å². The number of benzene rings is 1. The standard InChI is InChI=1S/C18H22N4O3S.ClH/c1-10(2)16(19)17(24)20-8-15(23)22-18-21-13(9-26-18)11-3-4-14-12(7-11)5-6-25-14;/h3-4,7,9-10,16H,5-6,8,19H2,1-2H3,(H,20,24)(H,21,22,23);1H/t16-;/m0./s1. The SMILES string of the molecule is CC(C)[C@H](N)C(=O)NCC(=O)Nc1nc(-c2ccc3c(c2)CCO3)cs1.Cl. The van der Waals surface area contributed by atoms with E-state index in [0.717, 1.165) is 23.4 Å². The van der Waals surface area contributed by atoms with Crippen molar-refractivity contribution in [1.82, 2.24) is 10.3 Å². The fourth-order valence-electron chi connectivity index (χ4n) is 2.56. The lowest BCUT2D eigenvalue weighted by Gasteiger charge is -2.14. The maximum absolute atomic E-state index is 12.0. The molecule has 1 aromatic carbocycles. The Morgan fingerprint density at radius 1 is 1.37 bits per heavy atom. The van der Waals surface area contributed by atoms with Crippen LogP contribution in [0.3, 0.4) is 0 Å². The minimum absolute atomic E-state index is 0. The van der Waals surface area contributed by atoms with Crippen LogP contribution >= 0.6 is 23.7 Å². The van der Waals surface area contributed by atoms with Crippen LogP contribution in [0, 0.1) is 5.92 Å². The van der Waals surface area contributed by atoms with E-state index in [-0.39, 0.29) is 36.7 Å². The van der Waals surface area contributed by atoms with E-state index in [4.69, 9.17) is 10.5 Å². The number of halogens is 1. The number of nitrogens with two attached hydrogens (primary N) is 1. The second kappa shape index (κ2) is 9.16. The number of anilines is 1. The Labute approximate surface area is 168 Å². The summed E-state index contributed by atoms with van der Waals surface area (Å²) in [6.45, 7) is 4.28. The first kappa shape index (κ1) is 21.1. The van der Waals surface area contributed by atoms with E-state index in [0.29, 0.717) is 11.7 Å². The molecule has 0 radical (unpaired) electrons. The van der Waals surface area contributed by atoms with Gasteiger partial charge in [-0.15, -0.1) is 23.7 Å². The van der Waals surface area contributed by atoms with Crippen LogP contribution in [0.2, 0.25) is 0 Å². The summed E-state index contributed by atoms with van der Waals surface area (Å²) in [4.78, 5) is 28.2. The van der Waals surface area contributed by atoms with Crippen LogP contribution in [0.15, 0.2) is 23.6 Å². The minimum atomic E-state index is -0.627. The van der Waals surface area contributed by atoms with Gasteiger partial charge in [0, 0.05) is 17.4 Å². The molecule has 1 aliphatic heterocycles. The molecule has 2 aromatic rings. The normalized spacial score (nSPS) is 13.3. The van der Waals surface area contributed by atoms with Crippen molar-refractivity contribution in [3.63, 3.8) is 0 Å². The van der Waals surface area contributed by atoms with Crippen molar-refractivity contribution in [3.05, 3.63) is 29.1 Å². The summed E-state index contributed by atoms with van der Waals surface area (Å²) in [7, 11) is 0. The largest absolute Gasteiger partial charge is 0.493 e. The number of hydrogen-bond donors (Lipinski definition) is 3. The number of carbonyl (C=O) groups is 2. The first-order valence-electron chi connectivity index (χ1n) is 8.49. The van der Waals surface area contributed by atoms with Crippen molar-refractivity contribution >= 4 is 40.7 Å². The van der Waals surface area contributed by atoms with E-state index in [9.17, 15) is 9.59 Å². The highest BCUT2D eigenvalue weighted by Gasteiger charge is 2.18. The van der Waals surface area contributed by atoms with Gasteiger partial charge in [-0.1, -0.05) is 13.8 Å². The Hall–Kier alpha value is -2.16. The highest BCUT2D eigenvalue weighted by atomic mass is 35.5. The molecule has 7 nitrogen and oxygen atoms in total. The summed E-state index contributed by atoms with van der Waals surface area (Å²) >= 11 is 1.34. The third kappa shape index (κ3) is 5.18. The Kier molecular flexibility index (Phi) is 7.18. The highest BCUT2D eigenvalue weighted by molar-refractivity contribution is 7.14. The summed E-state index contributed by atoms with van der Waals surface area (Å²) in [6, 6.07) is 5.34. The van der Waals surface area contributed by atoms with Crippen molar-refractivity contribution in [3.8, 4) is 17.0 Å². The van der Waals surface area contributed by atoms with E-state index >= 15 is 0 Å². The molecule has 1 aromatic heterocycles. The molecular weight excluding hydrogens is 388 g/mol. The predicted molar refractivity (Wildman–Crippen MR) is 108 cm³/mol. The van der Waals surface area contributed by atoms with Gasteiger partial charge in [0.05, 0.1) is 24.9 Å². The van der Waals surface area contributed by atoms with Gasteiger partial charge in [-0.3, -0.25) is 9.59 Å².